The second-order valence-corrected chi connectivity index (χ2v) is 3.02. The second kappa shape index (κ2) is 3.96. The number of hydrogen-bond acceptors (Lipinski definition) is 1. The lowest BCUT2D eigenvalue weighted by Gasteiger charge is -2.09. The Labute approximate surface area is 76.3 Å². The van der Waals surface area contributed by atoms with Crippen molar-refractivity contribution in [2.75, 3.05) is 7.05 Å². The highest BCUT2D eigenvalue weighted by Crippen LogP contribution is 2.24. The topological polar surface area (TPSA) is 12.0 Å². The van der Waals surface area contributed by atoms with E-state index in [4.69, 9.17) is 23.2 Å². The van der Waals surface area contributed by atoms with Gasteiger partial charge in [0, 0.05) is 10.6 Å². The summed E-state index contributed by atoms with van der Waals surface area (Å²) in [5, 5.41) is 3.60. The normalized spacial score (nSPS) is 13.0. The van der Waals surface area contributed by atoms with Crippen molar-refractivity contribution in [1.82, 2.24) is 5.32 Å². The lowest BCUT2D eigenvalue weighted by atomic mass is 10.2. The zero-order chi connectivity index (χ0) is 8.27. The van der Waals surface area contributed by atoms with E-state index in [1.807, 2.05) is 24.3 Å². The van der Waals surface area contributed by atoms with Crippen molar-refractivity contribution in [2.24, 2.45) is 0 Å². The van der Waals surface area contributed by atoms with E-state index in [9.17, 15) is 0 Å². The molecule has 0 aliphatic carbocycles. The fraction of sp³-hybridized carbons (Fsp3) is 0.250. The molecule has 0 bridgehead atoms. The molecule has 1 aromatic rings. The lowest BCUT2D eigenvalue weighted by molar-refractivity contribution is 0.784. The number of alkyl halides is 1. The van der Waals surface area contributed by atoms with Crippen LogP contribution in [0, 0.1) is 0 Å². The molecule has 1 nitrogen and oxygen atoms in total. The Kier molecular flexibility index (Phi) is 3.18. The van der Waals surface area contributed by atoms with Gasteiger partial charge in [0.15, 0.2) is 0 Å². The summed E-state index contributed by atoms with van der Waals surface area (Å²) < 4.78 is 0. The summed E-state index contributed by atoms with van der Waals surface area (Å²) in [6.45, 7) is 0. The SMILES string of the molecule is CNC(Cl)c1ccccc1Cl. The first-order valence-corrected chi connectivity index (χ1v) is 4.13. The van der Waals surface area contributed by atoms with Gasteiger partial charge in [-0.2, -0.15) is 0 Å². The molecule has 0 fully saturated rings. The summed E-state index contributed by atoms with van der Waals surface area (Å²) in [5.41, 5.74) is 0.710. The first-order chi connectivity index (χ1) is 5.25. The molecular formula is C8H9Cl2N. The van der Waals surface area contributed by atoms with Gasteiger partial charge in [0.05, 0.1) is 0 Å². The standard InChI is InChI=1S/C8H9Cl2N/c1-11-8(10)6-4-2-3-5-7(6)9/h2-5,8,11H,1H3. The molecule has 1 atom stereocenters. The molecule has 0 saturated carbocycles. The van der Waals surface area contributed by atoms with Gasteiger partial charge in [-0.1, -0.05) is 29.8 Å². The van der Waals surface area contributed by atoms with Crippen molar-refractivity contribution >= 4 is 23.2 Å². The van der Waals surface area contributed by atoms with Gasteiger partial charge in [-0.3, -0.25) is 0 Å². The molecule has 0 spiro atoms. The molecule has 0 heterocycles. The summed E-state index contributed by atoms with van der Waals surface area (Å²) in [6, 6.07) is 7.51. The van der Waals surface area contributed by atoms with Gasteiger partial charge >= 0.3 is 0 Å². The minimum absolute atomic E-state index is 0.205. The van der Waals surface area contributed by atoms with E-state index in [1.54, 1.807) is 7.05 Å². The minimum atomic E-state index is -0.205. The van der Waals surface area contributed by atoms with Crippen LogP contribution in [-0.2, 0) is 0 Å². The quantitative estimate of drug-likeness (QED) is 0.558. The molecule has 3 heteroatoms. The Hall–Kier alpha value is -0.240. The molecule has 0 aliphatic heterocycles. The Morgan fingerprint density at radius 3 is 2.55 bits per heavy atom. The summed E-state index contributed by atoms with van der Waals surface area (Å²) in [4.78, 5) is 0. The second-order valence-electron chi connectivity index (χ2n) is 2.17. The predicted octanol–water partition coefficient (Wildman–Crippen LogP) is 2.80. The van der Waals surface area contributed by atoms with Crippen LogP contribution in [-0.4, -0.2) is 7.05 Å². The number of halogens is 2. The van der Waals surface area contributed by atoms with Gasteiger partial charge in [0.2, 0.25) is 0 Å². The van der Waals surface area contributed by atoms with E-state index < -0.39 is 0 Å². The first kappa shape index (κ1) is 8.85. The molecule has 1 rings (SSSR count). The molecule has 1 aromatic carbocycles. The van der Waals surface area contributed by atoms with E-state index in [0.717, 1.165) is 5.56 Å². The van der Waals surface area contributed by atoms with Crippen molar-refractivity contribution in [2.45, 2.75) is 5.50 Å². The molecule has 1 N–H and O–H groups in total. The van der Waals surface area contributed by atoms with Crippen LogP contribution in [0.3, 0.4) is 0 Å². The first-order valence-electron chi connectivity index (χ1n) is 3.31. The van der Waals surface area contributed by atoms with Gasteiger partial charge in [-0.15, -0.1) is 11.6 Å². The molecule has 1 unspecified atom stereocenters. The van der Waals surface area contributed by atoms with Crippen LogP contribution in [0.25, 0.3) is 0 Å². The average Bonchev–Trinajstić information content (AvgIpc) is 2.04. The highest BCUT2D eigenvalue weighted by molar-refractivity contribution is 6.32. The Morgan fingerprint density at radius 1 is 1.36 bits per heavy atom. The Bertz CT molecular complexity index is 237. The van der Waals surface area contributed by atoms with Crippen LogP contribution < -0.4 is 5.32 Å². The van der Waals surface area contributed by atoms with Crippen LogP contribution in [0.4, 0.5) is 0 Å². The predicted molar refractivity (Wildman–Crippen MR) is 49.1 cm³/mol. The van der Waals surface area contributed by atoms with Crippen LogP contribution in [0.5, 0.6) is 0 Å². The van der Waals surface area contributed by atoms with E-state index in [0.29, 0.717) is 5.02 Å². The molecule has 0 amide bonds. The van der Waals surface area contributed by atoms with Gasteiger partial charge in [-0.25, -0.2) is 0 Å². The third-order valence-electron chi connectivity index (χ3n) is 1.43. The number of nitrogens with one attached hydrogen (secondary N) is 1. The molecule has 0 saturated heterocycles. The molecule has 0 radical (unpaired) electrons. The van der Waals surface area contributed by atoms with Crippen molar-refractivity contribution in [3.05, 3.63) is 34.9 Å². The Balaban J connectivity index is 2.93. The average molecular weight is 190 g/mol. The van der Waals surface area contributed by atoms with E-state index in [-0.39, 0.29) is 5.50 Å². The highest BCUT2D eigenvalue weighted by Gasteiger charge is 2.06. The number of hydrogen-bond donors (Lipinski definition) is 1. The molecular weight excluding hydrogens is 181 g/mol. The van der Waals surface area contributed by atoms with Crippen LogP contribution in [0.2, 0.25) is 5.02 Å². The van der Waals surface area contributed by atoms with Crippen molar-refractivity contribution in [3.63, 3.8) is 0 Å². The molecule has 0 aromatic heterocycles. The van der Waals surface area contributed by atoms with Crippen LogP contribution in [0.1, 0.15) is 11.1 Å². The highest BCUT2D eigenvalue weighted by atomic mass is 35.5. The van der Waals surface area contributed by atoms with E-state index in [1.165, 1.54) is 0 Å². The van der Waals surface area contributed by atoms with E-state index >= 15 is 0 Å². The molecule has 60 valence electrons. The summed E-state index contributed by atoms with van der Waals surface area (Å²) in [7, 11) is 1.79. The smallest absolute Gasteiger partial charge is 0.109 e. The van der Waals surface area contributed by atoms with Gasteiger partial charge in [-0.05, 0) is 13.1 Å². The maximum atomic E-state index is 5.90. The van der Waals surface area contributed by atoms with Crippen molar-refractivity contribution in [3.8, 4) is 0 Å². The Morgan fingerprint density at radius 2 is 2.00 bits per heavy atom. The zero-order valence-corrected chi connectivity index (χ0v) is 7.65. The third-order valence-corrected chi connectivity index (χ3v) is 2.23. The minimum Gasteiger partial charge on any atom is -0.301 e. The van der Waals surface area contributed by atoms with Gasteiger partial charge in [0.1, 0.15) is 5.50 Å². The fourth-order valence-electron chi connectivity index (χ4n) is 0.836. The van der Waals surface area contributed by atoms with Crippen LogP contribution in [0.15, 0.2) is 24.3 Å². The maximum absolute atomic E-state index is 5.90. The summed E-state index contributed by atoms with van der Waals surface area (Å²) in [6.07, 6.45) is 0. The van der Waals surface area contributed by atoms with Crippen LogP contribution >= 0.6 is 23.2 Å². The zero-order valence-electron chi connectivity index (χ0n) is 6.14. The molecule has 11 heavy (non-hydrogen) atoms. The number of benzene rings is 1. The van der Waals surface area contributed by atoms with Crippen molar-refractivity contribution < 1.29 is 0 Å². The van der Waals surface area contributed by atoms with E-state index in [2.05, 4.69) is 5.32 Å². The van der Waals surface area contributed by atoms with Gasteiger partial charge < -0.3 is 5.32 Å². The third kappa shape index (κ3) is 2.09. The summed E-state index contributed by atoms with van der Waals surface area (Å²) in [5.74, 6) is 0. The van der Waals surface area contributed by atoms with Gasteiger partial charge in [0.25, 0.3) is 0 Å². The molecule has 0 aliphatic rings. The largest absolute Gasteiger partial charge is 0.301 e. The summed E-state index contributed by atoms with van der Waals surface area (Å²) >= 11 is 11.8. The number of rotatable bonds is 2. The lowest BCUT2D eigenvalue weighted by Crippen LogP contribution is -2.09. The maximum Gasteiger partial charge on any atom is 0.109 e. The monoisotopic (exact) mass is 189 g/mol. The van der Waals surface area contributed by atoms with Crippen molar-refractivity contribution in [1.29, 1.82) is 0 Å². The fourth-order valence-corrected chi connectivity index (χ4v) is 1.33.